The van der Waals surface area contributed by atoms with Gasteiger partial charge in [0.1, 0.15) is 10.6 Å². The predicted molar refractivity (Wildman–Crippen MR) is 105 cm³/mol. The fourth-order valence-corrected chi connectivity index (χ4v) is 3.15. The Bertz CT molecular complexity index is 955. The maximum absolute atomic E-state index is 12.1. The normalized spacial score (nSPS) is 10.7. The highest BCUT2D eigenvalue weighted by Gasteiger charge is 2.10. The van der Waals surface area contributed by atoms with E-state index in [0.29, 0.717) is 26.2 Å². The van der Waals surface area contributed by atoms with Gasteiger partial charge in [-0.05, 0) is 57.2 Å². The summed E-state index contributed by atoms with van der Waals surface area (Å²) in [5.41, 5.74) is 3.64. The van der Waals surface area contributed by atoms with Crippen molar-refractivity contribution in [2.45, 2.75) is 0 Å². The van der Waals surface area contributed by atoms with Gasteiger partial charge in [-0.2, -0.15) is 5.10 Å². The van der Waals surface area contributed by atoms with E-state index in [2.05, 4.69) is 26.5 Å². The Balaban J connectivity index is 1.63. The van der Waals surface area contributed by atoms with Crippen molar-refractivity contribution in [1.29, 1.82) is 0 Å². The molecule has 1 N–H and O–H groups in total. The molecule has 0 aliphatic rings. The average Bonchev–Trinajstić information content (AvgIpc) is 3.17. The summed E-state index contributed by atoms with van der Waals surface area (Å²) in [7, 11) is 0. The van der Waals surface area contributed by atoms with Crippen LogP contribution >= 0.6 is 27.3 Å². The molecule has 0 aliphatic carbocycles. The van der Waals surface area contributed by atoms with E-state index in [4.69, 9.17) is 4.74 Å². The molecule has 0 fully saturated rings. The van der Waals surface area contributed by atoms with Crippen molar-refractivity contribution in [3.63, 3.8) is 0 Å². The van der Waals surface area contributed by atoms with E-state index in [1.54, 1.807) is 54.6 Å². The van der Waals surface area contributed by atoms with E-state index >= 15 is 0 Å². The molecule has 7 heteroatoms. The Morgan fingerprint density at radius 1 is 1.08 bits per heavy atom. The highest BCUT2D eigenvalue weighted by Crippen LogP contribution is 2.17. The maximum atomic E-state index is 12.1. The molecular weight excluding hydrogens is 416 g/mol. The number of amides is 1. The zero-order valence-electron chi connectivity index (χ0n) is 13.4. The Hall–Kier alpha value is -2.77. The molecule has 1 aromatic heterocycles. The zero-order valence-corrected chi connectivity index (χ0v) is 15.8. The molecule has 0 bridgehead atoms. The zero-order chi connectivity index (χ0) is 18.4. The lowest BCUT2D eigenvalue weighted by atomic mass is 10.2. The van der Waals surface area contributed by atoms with Crippen LogP contribution < -0.4 is 10.2 Å². The van der Waals surface area contributed by atoms with Gasteiger partial charge in [0.05, 0.1) is 11.8 Å². The SMILES string of the molecule is O=C(Oc1cccc(/C=N\NC(=O)c2ccccc2Br)c1)c1cccs1. The van der Waals surface area contributed by atoms with Crippen LogP contribution in [0, 0.1) is 0 Å². The number of ether oxygens (including phenoxy) is 1. The third kappa shape index (κ3) is 4.65. The van der Waals surface area contributed by atoms with Gasteiger partial charge in [0, 0.05) is 4.47 Å². The molecule has 130 valence electrons. The van der Waals surface area contributed by atoms with Gasteiger partial charge in [0.2, 0.25) is 0 Å². The number of carbonyl (C=O) groups is 2. The van der Waals surface area contributed by atoms with E-state index in [9.17, 15) is 9.59 Å². The molecule has 26 heavy (non-hydrogen) atoms. The van der Waals surface area contributed by atoms with Gasteiger partial charge in [-0.25, -0.2) is 10.2 Å². The monoisotopic (exact) mass is 428 g/mol. The standard InChI is InChI=1S/C19H13BrN2O3S/c20-16-8-2-1-7-15(16)18(23)22-21-12-13-5-3-6-14(11-13)25-19(24)17-9-4-10-26-17/h1-12H,(H,22,23)/b21-12-. The van der Waals surface area contributed by atoms with Gasteiger partial charge in [0.15, 0.2) is 0 Å². The van der Waals surface area contributed by atoms with E-state index in [1.807, 2.05) is 11.4 Å². The first-order valence-electron chi connectivity index (χ1n) is 7.57. The molecule has 1 heterocycles. The van der Waals surface area contributed by atoms with Crippen LogP contribution in [0.5, 0.6) is 5.75 Å². The third-order valence-corrected chi connectivity index (χ3v) is 4.83. The molecule has 0 spiro atoms. The minimum Gasteiger partial charge on any atom is -0.422 e. The molecular formula is C19H13BrN2O3S. The van der Waals surface area contributed by atoms with Gasteiger partial charge in [0.25, 0.3) is 5.91 Å². The minimum absolute atomic E-state index is 0.325. The Kier molecular flexibility index (Phi) is 5.93. The van der Waals surface area contributed by atoms with Gasteiger partial charge >= 0.3 is 5.97 Å². The molecule has 5 nitrogen and oxygen atoms in total. The van der Waals surface area contributed by atoms with Crippen LogP contribution in [0.25, 0.3) is 0 Å². The largest absolute Gasteiger partial charge is 0.422 e. The van der Waals surface area contributed by atoms with Gasteiger partial charge in [-0.15, -0.1) is 11.3 Å². The second-order valence-corrected chi connectivity index (χ2v) is 6.92. The number of hydrazone groups is 1. The van der Waals surface area contributed by atoms with E-state index in [-0.39, 0.29) is 5.91 Å². The maximum Gasteiger partial charge on any atom is 0.353 e. The first-order valence-corrected chi connectivity index (χ1v) is 9.24. The van der Waals surface area contributed by atoms with E-state index in [0.717, 1.165) is 0 Å². The Labute approximate surface area is 162 Å². The Morgan fingerprint density at radius 2 is 1.92 bits per heavy atom. The first-order chi connectivity index (χ1) is 12.6. The summed E-state index contributed by atoms with van der Waals surface area (Å²) in [5, 5.41) is 5.76. The minimum atomic E-state index is -0.406. The van der Waals surface area contributed by atoms with Crippen molar-refractivity contribution >= 4 is 45.4 Å². The summed E-state index contributed by atoms with van der Waals surface area (Å²) in [6, 6.07) is 17.5. The molecule has 0 aliphatic heterocycles. The number of esters is 1. The van der Waals surface area contributed by atoms with Crippen molar-refractivity contribution in [3.05, 3.63) is 86.5 Å². The molecule has 0 atom stereocenters. The number of nitrogens with one attached hydrogen (secondary N) is 1. The summed E-state index contributed by atoms with van der Waals surface area (Å²) in [5.74, 6) is -0.324. The van der Waals surface area contributed by atoms with Crippen LogP contribution in [0.4, 0.5) is 0 Å². The predicted octanol–water partition coefficient (Wildman–Crippen LogP) is 4.49. The molecule has 0 unspecified atom stereocenters. The second kappa shape index (κ2) is 8.55. The average molecular weight is 429 g/mol. The number of thiophene rings is 1. The second-order valence-electron chi connectivity index (χ2n) is 5.12. The van der Waals surface area contributed by atoms with Gasteiger partial charge in [-0.3, -0.25) is 4.79 Å². The highest BCUT2D eigenvalue weighted by molar-refractivity contribution is 9.10. The fourth-order valence-electron chi connectivity index (χ4n) is 2.08. The number of benzene rings is 2. The lowest BCUT2D eigenvalue weighted by Crippen LogP contribution is -2.18. The molecule has 2 aromatic carbocycles. The van der Waals surface area contributed by atoms with Crippen LogP contribution in [-0.4, -0.2) is 18.1 Å². The number of hydrogen-bond donors (Lipinski definition) is 1. The number of halogens is 1. The molecule has 3 rings (SSSR count). The van der Waals surface area contributed by atoms with Crippen LogP contribution in [0.1, 0.15) is 25.6 Å². The highest BCUT2D eigenvalue weighted by atomic mass is 79.9. The lowest BCUT2D eigenvalue weighted by molar-refractivity contribution is 0.0739. The van der Waals surface area contributed by atoms with Crippen molar-refractivity contribution < 1.29 is 14.3 Å². The number of hydrogen-bond acceptors (Lipinski definition) is 5. The molecule has 0 radical (unpaired) electrons. The quantitative estimate of drug-likeness (QED) is 0.281. The van der Waals surface area contributed by atoms with Crippen LogP contribution in [0.3, 0.4) is 0 Å². The summed E-state index contributed by atoms with van der Waals surface area (Å²) in [6.45, 7) is 0. The smallest absolute Gasteiger partial charge is 0.353 e. The van der Waals surface area contributed by atoms with E-state index in [1.165, 1.54) is 17.6 Å². The van der Waals surface area contributed by atoms with Crippen LogP contribution in [0.15, 0.2) is 75.6 Å². The topological polar surface area (TPSA) is 67.8 Å². The van der Waals surface area contributed by atoms with E-state index < -0.39 is 5.97 Å². The van der Waals surface area contributed by atoms with Crippen LogP contribution in [0.2, 0.25) is 0 Å². The van der Waals surface area contributed by atoms with Crippen molar-refractivity contribution in [3.8, 4) is 5.75 Å². The lowest BCUT2D eigenvalue weighted by Gasteiger charge is -2.04. The molecule has 0 saturated carbocycles. The number of nitrogens with zero attached hydrogens (tertiary/aromatic N) is 1. The summed E-state index contributed by atoms with van der Waals surface area (Å²) >= 11 is 4.64. The van der Waals surface area contributed by atoms with Gasteiger partial charge in [-0.1, -0.05) is 30.3 Å². The van der Waals surface area contributed by atoms with Crippen molar-refractivity contribution in [2.75, 3.05) is 0 Å². The summed E-state index contributed by atoms with van der Waals surface area (Å²) in [6.07, 6.45) is 1.48. The Morgan fingerprint density at radius 3 is 2.69 bits per heavy atom. The molecule has 1 amide bonds. The van der Waals surface area contributed by atoms with Crippen molar-refractivity contribution in [2.24, 2.45) is 5.10 Å². The summed E-state index contributed by atoms with van der Waals surface area (Å²) < 4.78 is 6.02. The number of rotatable bonds is 5. The van der Waals surface area contributed by atoms with Crippen molar-refractivity contribution in [1.82, 2.24) is 5.43 Å². The number of carbonyl (C=O) groups excluding carboxylic acids is 2. The first kappa shape index (κ1) is 18.0. The van der Waals surface area contributed by atoms with Gasteiger partial charge < -0.3 is 4.74 Å². The third-order valence-electron chi connectivity index (χ3n) is 3.29. The summed E-state index contributed by atoms with van der Waals surface area (Å²) in [4.78, 5) is 24.6. The molecule has 0 saturated heterocycles. The molecule has 3 aromatic rings. The fraction of sp³-hybridized carbons (Fsp3) is 0. The van der Waals surface area contributed by atoms with Crippen LogP contribution in [-0.2, 0) is 0 Å².